The molecular weight excluding hydrogens is 248 g/mol. The Kier molecular flexibility index (Phi) is 3.39. The molecule has 2 N–H and O–H groups in total. The Morgan fingerprint density at radius 1 is 1.20 bits per heavy atom. The van der Waals surface area contributed by atoms with Gasteiger partial charge in [0.15, 0.2) is 0 Å². The number of likely N-dealkylation sites (tertiary alicyclic amines) is 1. The lowest BCUT2D eigenvalue weighted by atomic mass is 9.65. The Bertz CT molecular complexity index is 406. The van der Waals surface area contributed by atoms with Crippen LogP contribution in [0.25, 0.3) is 0 Å². The third kappa shape index (κ3) is 2.61. The molecule has 1 saturated heterocycles. The van der Waals surface area contributed by atoms with Crippen molar-refractivity contribution in [1.29, 1.82) is 0 Å². The van der Waals surface area contributed by atoms with E-state index < -0.39 is 0 Å². The van der Waals surface area contributed by atoms with Crippen LogP contribution in [0.15, 0.2) is 0 Å². The third-order valence-electron chi connectivity index (χ3n) is 5.76. The summed E-state index contributed by atoms with van der Waals surface area (Å²) in [5.74, 6) is 0.608. The zero-order chi connectivity index (χ0) is 14.5. The summed E-state index contributed by atoms with van der Waals surface area (Å²) in [5, 5.41) is 0. The van der Waals surface area contributed by atoms with Crippen molar-refractivity contribution < 1.29 is 4.79 Å². The Morgan fingerprint density at radius 3 is 2.65 bits per heavy atom. The van der Waals surface area contributed by atoms with Gasteiger partial charge in [0.1, 0.15) is 0 Å². The van der Waals surface area contributed by atoms with Crippen molar-refractivity contribution in [2.24, 2.45) is 22.5 Å². The lowest BCUT2D eigenvalue weighted by Gasteiger charge is -2.39. The molecule has 2 aliphatic carbocycles. The zero-order valence-corrected chi connectivity index (χ0v) is 13.3. The molecule has 2 bridgehead atoms. The van der Waals surface area contributed by atoms with Crippen LogP contribution >= 0.6 is 0 Å². The Labute approximate surface area is 123 Å². The van der Waals surface area contributed by atoms with E-state index >= 15 is 0 Å². The van der Waals surface area contributed by atoms with Gasteiger partial charge in [-0.05, 0) is 49.4 Å². The molecule has 4 atom stereocenters. The first-order chi connectivity index (χ1) is 9.28. The van der Waals surface area contributed by atoms with Crippen molar-refractivity contribution in [1.82, 2.24) is 4.90 Å². The fourth-order valence-corrected chi connectivity index (χ4v) is 5.40. The van der Waals surface area contributed by atoms with Gasteiger partial charge in [0.2, 0.25) is 5.91 Å². The molecule has 3 aliphatic rings. The molecule has 3 fully saturated rings. The van der Waals surface area contributed by atoms with Crippen molar-refractivity contribution in [2.45, 2.75) is 77.8 Å². The maximum atomic E-state index is 12.9. The highest BCUT2D eigenvalue weighted by molar-refractivity contribution is 5.80. The third-order valence-corrected chi connectivity index (χ3v) is 5.76. The molecule has 20 heavy (non-hydrogen) atoms. The van der Waals surface area contributed by atoms with Crippen LogP contribution in [0.1, 0.15) is 65.7 Å². The number of amides is 1. The highest BCUT2D eigenvalue weighted by Crippen LogP contribution is 2.52. The number of nitrogens with two attached hydrogens (primary N) is 1. The molecule has 3 rings (SSSR count). The van der Waals surface area contributed by atoms with Crippen LogP contribution in [0.4, 0.5) is 0 Å². The summed E-state index contributed by atoms with van der Waals surface area (Å²) >= 11 is 0. The molecule has 0 aromatic carbocycles. The quantitative estimate of drug-likeness (QED) is 0.801. The van der Waals surface area contributed by atoms with E-state index in [1.54, 1.807) is 0 Å². The monoisotopic (exact) mass is 278 g/mol. The first kappa shape index (κ1) is 14.4. The maximum absolute atomic E-state index is 12.9. The fraction of sp³-hybridized carbons (Fsp3) is 0.941. The number of carbonyl (C=O) groups is 1. The van der Waals surface area contributed by atoms with E-state index in [9.17, 15) is 4.79 Å². The summed E-state index contributed by atoms with van der Waals surface area (Å²) in [6, 6.07) is 0.723. The van der Waals surface area contributed by atoms with Gasteiger partial charge in [-0.15, -0.1) is 0 Å². The molecule has 1 heterocycles. The second-order valence-corrected chi connectivity index (χ2v) is 8.80. The van der Waals surface area contributed by atoms with Crippen LogP contribution < -0.4 is 5.73 Å². The van der Waals surface area contributed by atoms with E-state index in [2.05, 4.69) is 25.7 Å². The van der Waals surface area contributed by atoms with Gasteiger partial charge < -0.3 is 10.6 Å². The number of nitrogens with zero attached hydrogens (tertiary/aromatic N) is 1. The summed E-state index contributed by atoms with van der Waals surface area (Å²) in [5.41, 5.74) is 6.80. The average molecular weight is 278 g/mol. The molecular formula is C17H30N2O. The van der Waals surface area contributed by atoms with Gasteiger partial charge in [-0.25, -0.2) is 0 Å². The molecule has 114 valence electrons. The Hall–Kier alpha value is -0.570. The Morgan fingerprint density at radius 2 is 1.95 bits per heavy atom. The minimum atomic E-state index is 0.199. The molecule has 3 heteroatoms. The van der Waals surface area contributed by atoms with Crippen LogP contribution in [-0.4, -0.2) is 29.4 Å². The molecule has 2 saturated carbocycles. The molecule has 3 nitrogen and oxygen atoms in total. The fourth-order valence-electron chi connectivity index (χ4n) is 5.40. The molecule has 4 unspecified atom stereocenters. The minimum Gasteiger partial charge on any atom is -0.339 e. The SMILES string of the molecule is CC1(C)CC2CC(C)(CN2C(=O)C2CCCC(N)C2)C1. The van der Waals surface area contributed by atoms with E-state index in [0.29, 0.717) is 22.8 Å². The van der Waals surface area contributed by atoms with Crippen molar-refractivity contribution in [2.75, 3.05) is 6.54 Å². The van der Waals surface area contributed by atoms with Crippen molar-refractivity contribution in [3.63, 3.8) is 0 Å². The van der Waals surface area contributed by atoms with E-state index in [-0.39, 0.29) is 12.0 Å². The first-order valence-corrected chi connectivity index (χ1v) is 8.34. The van der Waals surface area contributed by atoms with Gasteiger partial charge in [0.25, 0.3) is 0 Å². The van der Waals surface area contributed by atoms with E-state index in [1.165, 1.54) is 19.3 Å². The Balaban J connectivity index is 1.73. The van der Waals surface area contributed by atoms with E-state index in [0.717, 1.165) is 32.2 Å². The standard InChI is InChI=1S/C17H30N2O/c1-16(2)8-14-9-17(3,10-16)11-19(14)15(20)12-5-4-6-13(18)7-12/h12-14H,4-11,18H2,1-3H3. The highest BCUT2D eigenvalue weighted by Gasteiger charge is 2.51. The maximum Gasteiger partial charge on any atom is 0.226 e. The van der Waals surface area contributed by atoms with Crippen molar-refractivity contribution in [3.8, 4) is 0 Å². The van der Waals surface area contributed by atoms with E-state index in [4.69, 9.17) is 5.73 Å². The number of carbonyl (C=O) groups excluding carboxylic acids is 1. The zero-order valence-electron chi connectivity index (χ0n) is 13.3. The van der Waals surface area contributed by atoms with E-state index in [1.807, 2.05) is 0 Å². The smallest absolute Gasteiger partial charge is 0.226 e. The molecule has 0 radical (unpaired) electrons. The summed E-state index contributed by atoms with van der Waals surface area (Å²) in [4.78, 5) is 15.1. The lowest BCUT2D eigenvalue weighted by molar-refractivity contribution is -0.138. The van der Waals surface area contributed by atoms with Crippen LogP contribution in [0, 0.1) is 16.7 Å². The number of hydrogen-bond donors (Lipinski definition) is 1. The van der Waals surface area contributed by atoms with Crippen LogP contribution in [0.3, 0.4) is 0 Å². The van der Waals surface area contributed by atoms with Crippen LogP contribution in [0.2, 0.25) is 0 Å². The van der Waals surface area contributed by atoms with Gasteiger partial charge in [0.05, 0.1) is 0 Å². The minimum absolute atomic E-state index is 0.199. The van der Waals surface area contributed by atoms with Gasteiger partial charge >= 0.3 is 0 Å². The molecule has 0 aromatic rings. The van der Waals surface area contributed by atoms with Crippen molar-refractivity contribution >= 4 is 5.91 Å². The van der Waals surface area contributed by atoms with Gasteiger partial charge in [-0.3, -0.25) is 4.79 Å². The topological polar surface area (TPSA) is 46.3 Å². The predicted octanol–water partition coefficient (Wildman–Crippen LogP) is 2.93. The van der Waals surface area contributed by atoms with Crippen LogP contribution in [0.5, 0.6) is 0 Å². The van der Waals surface area contributed by atoms with Crippen LogP contribution in [-0.2, 0) is 4.79 Å². The second kappa shape index (κ2) is 4.72. The summed E-state index contributed by atoms with van der Waals surface area (Å²) in [6.45, 7) is 8.08. The first-order valence-electron chi connectivity index (χ1n) is 8.34. The van der Waals surface area contributed by atoms with Gasteiger partial charge in [0, 0.05) is 24.5 Å². The summed E-state index contributed by atoms with van der Waals surface area (Å²) < 4.78 is 0. The average Bonchev–Trinajstić information content (AvgIpc) is 2.57. The molecule has 1 amide bonds. The molecule has 1 aliphatic heterocycles. The molecule has 0 aromatic heterocycles. The predicted molar refractivity (Wildman–Crippen MR) is 81.2 cm³/mol. The largest absolute Gasteiger partial charge is 0.339 e. The van der Waals surface area contributed by atoms with Gasteiger partial charge in [-0.2, -0.15) is 0 Å². The summed E-state index contributed by atoms with van der Waals surface area (Å²) in [7, 11) is 0. The number of fused-ring (bicyclic) bond motifs is 2. The van der Waals surface area contributed by atoms with Gasteiger partial charge in [-0.1, -0.05) is 27.2 Å². The number of hydrogen-bond acceptors (Lipinski definition) is 2. The second-order valence-electron chi connectivity index (χ2n) is 8.80. The normalized spacial score (nSPS) is 43.6. The lowest BCUT2D eigenvalue weighted by Crippen LogP contribution is -2.43. The summed E-state index contributed by atoms with van der Waals surface area (Å²) in [6.07, 6.45) is 7.81. The van der Waals surface area contributed by atoms with Crippen molar-refractivity contribution in [3.05, 3.63) is 0 Å². The number of rotatable bonds is 1. The highest BCUT2D eigenvalue weighted by atomic mass is 16.2. The molecule has 0 spiro atoms.